The van der Waals surface area contributed by atoms with E-state index in [2.05, 4.69) is 38.8 Å². The predicted molar refractivity (Wildman–Crippen MR) is 109 cm³/mol. The molecule has 3 N–H and O–H groups in total. The Morgan fingerprint density at radius 2 is 1.67 bits per heavy atom. The summed E-state index contributed by atoms with van der Waals surface area (Å²) in [6.45, 7) is 0.411. The van der Waals surface area contributed by atoms with Gasteiger partial charge in [0, 0.05) is 24.9 Å². The number of nitrogens with one attached hydrogen (secondary N) is 3. The predicted octanol–water partition coefficient (Wildman–Crippen LogP) is 2.16. The van der Waals surface area contributed by atoms with Crippen LogP contribution >= 0.6 is 22.6 Å². The Labute approximate surface area is 171 Å². The van der Waals surface area contributed by atoms with E-state index in [-0.39, 0.29) is 18.7 Å². The lowest BCUT2D eigenvalue weighted by Crippen LogP contribution is -2.42. The molecule has 7 nitrogen and oxygen atoms in total. The molecule has 0 unspecified atom stereocenters. The average molecular weight is 481 g/mol. The Hall–Kier alpha value is -2.62. The SMILES string of the molecule is COc1ccc(C(=O)NNC(=O)CCC(=O)NCc2ccccc2)cc1I. The molecule has 2 rings (SSSR count). The number of methoxy groups -OCH3 is 1. The van der Waals surface area contributed by atoms with Crippen LogP contribution < -0.4 is 20.9 Å². The highest BCUT2D eigenvalue weighted by Crippen LogP contribution is 2.21. The monoisotopic (exact) mass is 481 g/mol. The summed E-state index contributed by atoms with van der Waals surface area (Å²) >= 11 is 2.06. The molecule has 0 aromatic heterocycles. The Balaban J connectivity index is 1.70. The molecular formula is C19H20IN3O4. The maximum Gasteiger partial charge on any atom is 0.269 e. The molecule has 8 heteroatoms. The van der Waals surface area contributed by atoms with Crippen LogP contribution in [0, 0.1) is 3.57 Å². The van der Waals surface area contributed by atoms with E-state index in [1.807, 2.05) is 30.3 Å². The Bertz CT molecular complexity index is 812. The summed E-state index contributed by atoms with van der Waals surface area (Å²) < 4.78 is 5.92. The molecule has 0 radical (unpaired) electrons. The summed E-state index contributed by atoms with van der Waals surface area (Å²) in [7, 11) is 1.55. The number of benzene rings is 2. The third-order valence-corrected chi connectivity index (χ3v) is 4.48. The zero-order valence-corrected chi connectivity index (χ0v) is 16.9. The number of rotatable bonds is 7. The first-order valence-corrected chi connectivity index (χ1v) is 9.31. The highest BCUT2D eigenvalue weighted by molar-refractivity contribution is 14.1. The van der Waals surface area contributed by atoms with Gasteiger partial charge < -0.3 is 10.1 Å². The van der Waals surface area contributed by atoms with E-state index in [0.717, 1.165) is 9.13 Å². The topological polar surface area (TPSA) is 96.5 Å². The van der Waals surface area contributed by atoms with Crippen LogP contribution in [0.15, 0.2) is 48.5 Å². The van der Waals surface area contributed by atoms with Gasteiger partial charge in [-0.1, -0.05) is 30.3 Å². The van der Waals surface area contributed by atoms with Gasteiger partial charge in [-0.25, -0.2) is 0 Å². The van der Waals surface area contributed by atoms with Gasteiger partial charge in [-0.15, -0.1) is 0 Å². The van der Waals surface area contributed by atoms with E-state index in [4.69, 9.17) is 4.74 Å². The van der Waals surface area contributed by atoms with Crippen LogP contribution in [0.1, 0.15) is 28.8 Å². The molecule has 0 spiro atoms. The lowest BCUT2D eigenvalue weighted by atomic mass is 10.2. The van der Waals surface area contributed by atoms with Gasteiger partial charge in [0.15, 0.2) is 0 Å². The van der Waals surface area contributed by atoms with E-state index in [1.54, 1.807) is 25.3 Å². The second-order valence-corrected chi connectivity index (χ2v) is 6.78. The maximum atomic E-state index is 12.0. The van der Waals surface area contributed by atoms with Gasteiger partial charge in [0.05, 0.1) is 10.7 Å². The lowest BCUT2D eigenvalue weighted by Gasteiger charge is -2.09. The van der Waals surface area contributed by atoms with Crippen molar-refractivity contribution in [3.8, 4) is 5.75 Å². The summed E-state index contributed by atoms with van der Waals surface area (Å²) in [5, 5.41) is 2.74. The van der Waals surface area contributed by atoms with E-state index in [1.165, 1.54) is 0 Å². The fourth-order valence-corrected chi connectivity index (χ4v) is 2.92. The molecule has 0 heterocycles. The van der Waals surface area contributed by atoms with Crippen LogP contribution in [0.4, 0.5) is 0 Å². The van der Waals surface area contributed by atoms with Crippen molar-refractivity contribution in [3.63, 3.8) is 0 Å². The number of carbonyl (C=O) groups excluding carboxylic acids is 3. The zero-order valence-electron chi connectivity index (χ0n) is 14.8. The number of ether oxygens (including phenoxy) is 1. The molecule has 3 amide bonds. The maximum absolute atomic E-state index is 12.0. The van der Waals surface area contributed by atoms with Crippen molar-refractivity contribution < 1.29 is 19.1 Å². The van der Waals surface area contributed by atoms with Crippen LogP contribution in [0.25, 0.3) is 0 Å². The Kier molecular flexibility index (Phi) is 8.05. The Morgan fingerprint density at radius 1 is 0.963 bits per heavy atom. The summed E-state index contributed by atoms with van der Waals surface area (Å²) in [4.78, 5) is 35.6. The Morgan fingerprint density at radius 3 is 2.33 bits per heavy atom. The highest BCUT2D eigenvalue weighted by atomic mass is 127. The first-order valence-electron chi connectivity index (χ1n) is 8.23. The van der Waals surface area contributed by atoms with Crippen LogP contribution in [0.2, 0.25) is 0 Å². The minimum atomic E-state index is -0.447. The lowest BCUT2D eigenvalue weighted by molar-refractivity contribution is -0.126. The number of carbonyl (C=O) groups is 3. The van der Waals surface area contributed by atoms with Crippen LogP contribution in [0.5, 0.6) is 5.75 Å². The van der Waals surface area contributed by atoms with Crippen molar-refractivity contribution in [2.45, 2.75) is 19.4 Å². The fraction of sp³-hybridized carbons (Fsp3) is 0.211. The van der Waals surface area contributed by atoms with E-state index in [9.17, 15) is 14.4 Å². The molecule has 0 saturated carbocycles. The molecule has 27 heavy (non-hydrogen) atoms. The largest absolute Gasteiger partial charge is 0.496 e. The smallest absolute Gasteiger partial charge is 0.269 e. The summed E-state index contributed by atoms with van der Waals surface area (Å²) in [6.07, 6.45) is 0.00994. The van der Waals surface area contributed by atoms with Crippen LogP contribution in [0.3, 0.4) is 0 Å². The zero-order chi connectivity index (χ0) is 19.6. The average Bonchev–Trinajstić information content (AvgIpc) is 2.69. The van der Waals surface area contributed by atoms with Gasteiger partial charge in [0.2, 0.25) is 11.8 Å². The standard InChI is InChI=1S/C19H20IN3O4/c1-27-16-8-7-14(11-15(16)20)19(26)23-22-18(25)10-9-17(24)21-12-13-5-3-2-4-6-13/h2-8,11H,9-10,12H2,1H3,(H,21,24)(H,22,25)(H,23,26). The molecule has 0 aliphatic rings. The number of hydrogen-bond donors (Lipinski definition) is 3. The summed E-state index contributed by atoms with van der Waals surface area (Å²) in [5.41, 5.74) is 6.01. The quantitative estimate of drug-likeness (QED) is 0.417. The van der Waals surface area contributed by atoms with Crippen molar-refractivity contribution in [1.29, 1.82) is 0 Å². The molecule has 142 valence electrons. The third kappa shape index (κ3) is 6.89. The molecule has 2 aromatic rings. The third-order valence-electron chi connectivity index (χ3n) is 3.64. The van der Waals surface area contributed by atoms with E-state index < -0.39 is 11.8 Å². The number of hydrazine groups is 1. The summed E-state index contributed by atoms with van der Waals surface area (Å²) in [6, 6.07) is 14.4. The van der Waals surface area contributed by atoms with Gasteiger partial charge in [-0.2, -0.15) is 0 Å². The number of hydrogen-bond acceptors (Lipinski definition) is 4. The first-order chi connectivity index (χ1) is 13.0. The minimum absolute atomic E-state index is 0.0267. The van der Waals surface area contributed by atoms with Gasteiger partial charge in [0.25, 0.3) is 5.91 Å². The van der Waals surface area contributed by atoms with Crippen molar-refractivity contribution >= 4 is 40.3 Å². The molecule has 0 atom stereocenters. The molecule has 0 aliphatic heterocycles. The van der Waals surface area contributed by atoms with Gasteiger partial charge in [-0.3, -0.25) is 25.2 Å². The fourth-order valence-electron chi connectivity index (χ4n) is 2.18. The van der Waals surface area contributed by atoms with Crippen molar-refractivity contribution in [2.24, 2.45) is 0 Å². The van der Waals surface area contributed by atoms with Crippen LogP contribution in [-0.2, 0) is 16.1 Å². The molecule has 2 aromatic carbocycles. The van der Waals surface area contributed by atoms with E-state index >= 15 is 0 Å². The second kappa shape index (κ2) is 10.5. The molecular weight excluding hydrogens is 461 g/mol. The first kappa shape index (κ1) is 20.7. The second-order valence-electron chi connectivity index (χ2n) is 5.61. The van der Waals surface area contributed by atoms with Gasteiger partial charge >= 0.3 is 0 Å². The van der Waals surface area contributed by atoms with E-state index in [0.29, 0.717) is 17.9 Å². The summed E-state index contributed by atoms with van der Waals surface area (Å²) in [5.74, 6) is -0.457. The molecule has 0 fully saturated rings. The number of amides is 3. The highest BCUT2D eigenvalue weighted by Gasteiger charge is 2.11. The van der Waals surface area contributed by atoms with Gasteiger partial charge in [0.1, 0.15) is 5.75 Å². The molecule has 0 aliphatic carbocycles. The van der Waals surface area contributed by atoms with Crippen molar-refractivity contribution in [2.75, 3.05) is 7.11 Å². The van der Waals surface area contributed by atoms with Crippen LogP contribution in [-0.4, -0.2) is 24.8 Å². The molecule has 0 saturated heterocycles. The van der Waals surface area contributed by atoms with Gasteiger partial charge in [-0.05, 0) is 46.4 Å². The number of halogens is 1. The van der Waals surface area contributed by atoms with Crippen molar-refractivity contribution in [1.82, 2.24) is 16.2 Å². The normalized spacial score (nSPS) is 10.0. The molecule has 0 bridgehead atoms. The minimum Gasteiger partial charge on any atom is -0.496 e. The van der Waals surface area contributed by atoms with Crippen molar-refractivity contribution in [3.05, 3.63) is 63.2 Å².